The van der Waals surface area contributed by atoms with Crippen LogP contribution in [0.2, 0.25) is 0 Å². The van der Waals surface area contributed by atoms with E-state index < -0.39 is 0 Å². The summed E-state index contributed by atoms with van der Waals surface area (Å²) in [5.41, 5.74) is 4.32. The molecule has 0 aliphatic heterocycles. The van der Waals surface area contributed by atoms with E-state index in [1.807, 2.05) is 65.8 Å². The zero-order chi connectivity index (χ0) is 16.7. The highest BCUT2D eigenvalue weighted by atomic mass is 14.8. The van der Waals surface area contributed by atoms with E-state index >= 15 is 0 Å². The summed E-state index contributed by atoms with van der Waals surface area (Å²) in [6, 6.07) is 0. The van der Waals surface area contributed by atoms with E-state index in [9.17, 15) is 0 Å². The second-order valence-corrected chi connectivity index (χ2v) is 3.79. The zero-order valence-electron chi connectivity index (χ0n) is 15.0. The van der Waals surface area contributed by atoms with Gasteiger partial charge in [0.15, 0.2) is 0 Å². The Bertz CT molecular complexity index is 429. The number of nitrogens with zero attached hydrogens (tertiary/aromatic N) is 1. The first-order chi connectivity index (χ1) is 10.3. The number of hydrogen-bond acceptors (Lipinski definition) is 1. The predicted octanol–water partition coefficient (Wildman–Crippen LogP) is 6.81. The van der Waals surface area contributed by atoms with E-state index in [4.69, 9.17) is 0 Å². The fourth-order valence-corrected chi connectivity index (χ4v) is 1.67. The highest BCUT2D eigenvalue weighted by Crippen LogP contribution is 2.20. The highest BCUT2D eigenvalue weighted by Gasteiger charge is 2.06. The quantitative estimate of drug-likeness (QED) is 0.502. The van der Waals surface area contributed by atoms with Crippen LogP contribution in [0.25, 0.3) is 0 Å². The molecule has 0 aromatic heterocycles. The molecule has 1 nitrogen and oxygen atoms in total. The van der Waals surface area contributed by atoms with Crippen molar-refractivity contribution in [3.63, 3.8) is 0 Å². The number of allylic oxidation sites excluding steroid dienone is 8. The van der Waals surface area contributed by atoms with Gasteiger partial charge in [-0.25, -0.2) is 4.99 Å². The van der Waals surface area contributed by atoms with Crippen LogP contribution in [0.5, 0.6) is 0 Å². The van der Waals surface area contributed by atoms with Crippen LogP contribution in [0.4, 0.5) is 0 Å². The van der Waals surface area contributed by atoms with Crippen LogP contribution in [0.3, 0.4) is 0 Å². The molecule has 0 saturated carbocycles. The monoisotopic (exact) mass is 287 g/mol. The molecule has 21 heavy (non-hydrogen) atoms. The average Bonchev–Trinajstić information content (AvgIpc) is 2.57. The van der Waals surface area contributed by atoms with Crippen LogP contribution in [0.1, 0.15) is 61.3 Å². The van der Waals surface area contributed by atoms with Gasteiger partial charge in [0.1, 0.15) is 0 Å². The van der Waals surface area contributed by atoms with Crippen LogP contribution < -0.4 is 0 Å². The van der Waals surface area contributed by atoms with Crippen LogP contribution in [0.15, 0.2) is 64.9 Å². The molecule has 2 rings (SSSR count). The molecule has 0 N–H and O–H groups in total. The molecule has 0 radical (unpaired) electrons. The fourth-order valence-electron chi connectivity index (χ4n) is 1.67. The zero-order valence-corrected chi connectivity index (χ0v) is 15.0. The van der Waals surface area contributed by atoms with Gasteiger partial charge >= 0.3 is 0 Å². The molecule has 0 atom stereocenters. The van der Waals surface area contributed by atoms with Gasteiger partial charge in [0.25, 0.3) is 0 Å². The van der Waals surface area contributed by atoms with E-state index in [0.29, 0.717) is 0 Å². The van der Waals surface area contributed by atoms with Gasteiger partial charge in [-0.15, -0.1) is 0 Å². The van der Waals surface area contributed by atoms with Crippen LogP contribution in [-0.2, 0) is 0 Å². The van der Waals surface area contributed by atoms with Crippen molar-refractivity contribution in [1.82, 2.24) is 0 Å². The maximum atomic E-state index is 4.63. The lowest BCUT2D eigenvalue weighted by Gasteiger charge is -2.11. The molecule has 0 fully saturated rings. The lowest BCUT2D eigenvalue weighted by atomic mass is 10.0. The van der Waals surface area contributed by atoms with Gasteiger partial charge in [-0.05, 0) is 37.0 Å². The Labute approximate surface area is 132 Å². The second kappa shape index (κ2) is 14.8. The second-order valence-electron chi connectivity index (χ2n) is 3.79. The van der Waals surface area contributed by atoms with E-state index in [1.165, 1.54) is 5.57 Å². The maximum absolute atomic E-state index is 4.63. The maximum Gasteiger partial charge on any atom is 0.0703 e. The van der Waals surface area contributed by atoms with Crippen molar-refractivity contribution in [2.45, 2.75) is 61.3 Å². The van der Waals surface area contributed by atoms with Crippen molar-refractivity contribution in [3.8, 4) is 0 Å². The molecular weight excluding hydrogens is 254 g/mol. The van der Waals surface area contributed by atoms with Gasteiger partial charge in [0.05, 0.1) is 11.4 Å². The van der Waals surface area contributed by atoms with Crippen molar-refractivity contribution in [2.75, 3.05) is 0 Å². The minimum atomic E-state index is 0.971. The van der Waals surface area contributed by atoms with E-state index in [0.717, 1.165) is 29.8 Å². The third kappa shape index (κ3) is 8.29. The van der Waals surface area contributed by atoms with Crippen molar-refractivity contribution in [3.05, 3.63) is 59.9 Å². The molecule has 0 unspecified atom stereocenters. The third-order valence-corrected chi connectivity index (χ3v) is 2.59. The molecule has 0 bridgehead atoms. The number of rotatable bonds is 1. The first-order valence-electron chi connectivity index (χ1n) is 8.27. The van der Waals surface area contributed by atoms with Crippen molar-refractivity contribution < 1.29 is 0 Å². The predicted molar refractivity (Wildman–Crippen MR) is 100.0 cm³/mol. The fraction of sp³-hybridized carbons (Fsp3) is 0.450. The van der Waals surface area contributed by atoms with E-state index in [1.54, 1.807) is 0 Å². The average molecular weight is 287 g/mol. The van der Waals surface area contributed by atoms with E-state index in [-0.39, 0.29) is 0 Å². The van der Waals surface area contributed by atoms with Gasteiger partial charge in [-0.3, -0.25) is 0 Å². The topological polar surface area (TPSA) is 12.4 Å². The summed E-state index contributed by atoms with van der Waals surface area (Å²) in [6.07, 6.45) is 14.6. The standard InChI is InChI=1S/C14H15N.3C2H6/c1-11-7-3-5-9-13(11)15-14-10-6-4-8-12(14)2;3*1-2/h3,5,7-10H,1,4,6H2,2H3;3*1-2H3. The Morgan fingerprint density at radius 3 is 1.90 bits per heavy atom. The molecule has 1 heteroatoms. The largest absolute Gasteiger partial charge is 0.249 e. The minimum Gasteiger partial charge on any atom is -0.249 e. The smallest absolute Gasteiger partial charge is 0.0703 e. The molecule has 0 saturated heterocycles. The molecule has 0 amide bonds. The Morgan fingerprint density at radius 2 is 1.38 bits per heavy atom. The van der Waals surface area contributed by atoms with Gasteiger partial charge in [0.2, 0.25) is 0 Å². The molecule has 0 aromatic carbocycles. The number of aliphatic imine (C=N–C) groups is 1. The Hall–Kier alpha value is -1.63. The Kier molecular flexibility index (Phi) is 15.2. The molecule has 2 aliphatic carbocycles. The lowest BCUT2D eigenvalue weighted by molar-refractivity contribution is 0.982. The van der Waals surface area contributed by atoms with Crippen molar-refractivity contribution >= 4 is 5.71 Å². The summed E-state index contributed by atoms with van der Waals surface area (Å²) < 4.78 is 0. The first kappa shape index (κ1) is 21.7. The van der Waals surface area contributed by atoms with Crippen LogP contribution in [0, 0.1) is 0 Å². The molecule has 0 aromatic rings. The van der Waals surface area contributed by atoms with Crippen molar-refractivity contribution in [1.29, 1.82) is 0 Å². The van der Waals surface area contributed by atoms with Gasteiger partial charge < -0.3 is 0 Å². The van der Waals surface area contributed by atoms with Gasteiger partial charge in [0, 0.05) is 0 Å². The Morgan fingerprint density at radius 1 is 0.857 bits per heavy atom. The number of hydrogen-bond donors (Lipinski definition) is 0. The van der Waals surface area contributed by atoms with Crippen LogP contribution >= 0.6 is 0 Å². The van der Waals surface area contributed by atoms with Crippen molar-refractivity contribution in [2.24, 2.45) is 4.99 Å². The summed E-state index contributed by atoms with van der Waals surface area (Å²) in [6.45, 7) is 18.1. The first-order valence-corrected chi connectivity index (χ1v) is 8.27. The van der Waals surface area contributed by atoms with Crippen LogP contribution in [-0.4, -0.2) is 5.71 Å². The summed E-state index contributed by atoms with van der Waals surface area (Å²) in [4.78, 5) is 4.63. The Balaban J connectivity index is 0. The summed E-state index contributed by atoms with van der Waals surface area (Å²) in [5, 5.41) is 0. The summed E-state index contributed by atoms with van der Waals surface area (Å²) in [5.74, 6) is 0. The summed E-state index contributed by atoms with van der Waals surface area (Å²) >= 11 is 0. The minimum absolute atomic E-state index is 0.971. The SMILES string of the molecule is C=C1C=CC=CC1=NC1=CCCC=C1C.CC.CC.CC. The van der Waals surface area contributed by atoms with Gasteiger partial charge in [-0.2, -0.15) is 0 Å². The molecular formula is C20H33N. The molecule has 118 valence electrons. The van der Waals surface area contributed by atoms with Gasteiger partial charge in [-0.1, -0.05) is 78.5 Å². The normalized spacial score (nSPS) is 17.3. The third-order valence-electron chi connectivity index (χ3n) is 2.59. The summed E-state index contributed by atoms with van der Waals surface area (Å²) in [7, 11) is 0. The molecule has 2 aliphatic rings. The van der Waals surface area contributed by atoms with E-state index in [2.05, 4.69) is 30.6 Å². The molecule has 0 spiro atoms. The highest BCUT2D eigenvalue weighted by molar-refractivity contribution is 6.11. The lowest BCUT2D eigenvalue weighted by Crippen LogP contribution is -2.01. The molecule has 0 heterocycles.